The maximum absolute atomic E-state index is 6.16. The van der Waals surface area contributed by atoms with Crippen molar-refractivity contribution in [2.24, 2.45) is 5.73 Å². The van der Waals surface area contributed by atoms with Crippen molar-refractivity contribution in [2.45, 2.75) is 38.3 Å². The Morgan fingerprint density at radius 2 is 2.13 bits per heavy atom. The molecule has 2 rings (SSSR count). The van der Waals surface area contributed by atoms with Crippen LogP contribution in [0.25, 0.3) is 0 Å². The van der Waals surface area contributed by atoms with Crippen molar-refractivity contribution in [2.75, 3.05) is 6.54 Å². The van der Waals surface area contributed by atoms with Crippen LogP contribution in [0.5, 0.6) is 0 Å². The molecule has 2 nitrogen and oxygen atoms in total. The van der Waals surface area contributed by atoms with E-state index in [1.807, 2.05) is 0 Å². The minimum atomic E-state index is 0.131. The zero-order chi connectivity index (χ0) is 10.7. The first kappa shape index (κ1) is 10.7. The van der Waals surface area contributed by atoms with E-state index < -0.39 is 0 Å². The molecule has 1 aromatic carbocycles. The minimum Gasteiger partial charge on any atom is -0.323 e. The molecule has 1 aliphatic rings. The van der Waals surface area contributed by atoms with Crippen molar-refractivity contribution in [3.63, 3.8) is 0 Å². The molecule has 0 saturated heterocycles. The first-order valence-electron chi connectivity index (χ1n) is 5.82. The number of rotatable bonds is 4. The summed E-state index contributed by atoms with van der Waals surface area (Å²) in [6.45, 7) is 3.02. The van der Waals surface area contributed by atoms with Gasteiger partial charge in [0, 0.05) is 18.6 Å². The van der Waals surface area contributed by atoms with Gasteiger partial charge >= 0.3 is 0 Å². The van der Waals surface area contributed by atoms with Crippen molar-refractivity contribution in [1.82, 2.24) is 5.32 Å². The third kappa shape index (κ3) is 2.58. The fourth-order valence-electron chi connectivity index (χ4n) is 2.02. The van der Waals surface area contributed by atoms with Crippen LogP contribution in [0.4, 0.5) is 0 Å². The summed E-state index contributed by atoms with van der Waals surface area (Å²) in [6, 6.07) is 9.23. The molecule has 1 saturated carbocycles. The van der Waals surface area contributed by atoms with Gasteiger partial charge in [0.1, 0.15) is 0 Å². The smallest absolute Gasteiger partial charge is 0.0424 e. The van der Waals surface area contributed by atoms with E-state index in [4.69, 9.17) is 5.73 Å². The number of hydrogen-bond acceptors (Lipinski definition) is 2. The normalized spacial score (nSPS) is 18.5. The molecule has 1 atom stereocenters. The predicted octanol–water partition coefficient (Wildman–Crippen LogP) is 2.14. The molecule has 0 heterocycles. The van der Waals surface area contributed by atoms with Crippen LogP contribution in [0, 0.1) is 6.92 Å². The second-order valence-electron chi connectivity index (χ2n) is 4.50. The lowest BCUT2D eigenvalue weighted by atomic mass is 9.92. The highest BCUT2D eigenvalue weighted by Gasteiger charge is 2.18. The van der Waals surface area contributed by atoms with Gasteiger partial charge in [0.25, 0.3) is 0 Å². The summed E-state index contributed by atoms with van der Waals surface area (Å²) in [5.74, 6) is 0. The molecule has 0 amide bonds. The van der Waals surface area contributed by atoms with Gasteiger partial charge in [0.05, 0.1) is 0 Å². The zero-order valence-electron chi connectivity index (χ0n) is 9.37. The van der Waals surface area contributed by atoms with Gasteiger partial charge in [-0.25, -0.2) is 0 Å². The summed E-state index contributed by atoms with van der Waals surface area (Å²) >= 11 is 0. The molecule has 1 unspecified atom stereocenters. The average molecular weight is 204 g/mol. The predicted molar refractivity (Wildman–Crippen MR) is 63.7 cm³/mol. The van der Waals surface area contributed by atoms with Crippen LogP contribution in [-0.4, -0.2) is 12.6 Å². The summed E-state index contributed by atoms with van der Waals surface area (Å²) in [7, 11) is 0. The highest BCUT2D eigenvalue weighted by Crippen LogP contribution is 2.19. The summed E-state index contributed by atoms with van der Waals surface area (Å²) < 4.78 is 0. The number of nitrogens with two attached hydrogens (primary N) is 1. The molecule has 0 aromatic heterocycles. The van der Waals surface area contributed by atoms with Crippen molar-refractivity contribution in [3.8, 4) is 0 Å². The second-order valence-corrected chi connectivity index (χ2v) is 4.50. The van der Waals surface area contributed by atoms with Crippen LogP contribution in [-0.2, 0) is 0 Å². The lowest BCUT2D eigenvalue weighted by Gasteiger charge is -2.28. The Bertz CT molecular complexity index is 318. The number of aryl methyl sites for hydroxylation is 1. The van der Waals surface area contributed by atoms with E-state index in [-0.39, 0.29) is 6.04 Å². The maximum Gasteiger partial charge on any atom is 0.0424 e. The molecule has 1 aromatic rings. The molecule has 1 aliphatic carbocycles. The third-order valence-electron chi connectivity index (χ3n) is 3.32. The Kier molecular flexibility index (Phi) is 3.39. The molecule has 0 spiro atoms. The van der Waals surface area contributed by atoms with E-state index in [0.29, 0.717) is 0 Å². The number of hydrogen-bond donors (Lipinski definition) is 2. The van der Waals surface area contributed by atoms with E-state index in [1.54, 1.807) is 0 Å². The summed E-state index contributed by atoms with van der Waals surface area (Å²) in [6.07, 6.45) is 4.01. The number of nitrogens with one attached hydrogen (secondary N) is 1. The van der Waals surface area contributed by atoms with Crippen LogP contribution in [0.3, 0.4) is 0 Å². The standard InChI is InChI=1S/C13H20N2/c1-10-5-2-3-8-12(10)13(14)9-15-11-6-4-7-11/h2-3,5,8,11,13,15H,4,6-7,9,14H2,1H3. The zero-order valence-corrected chi connectivity index (χ0v) is 9.37. The van der Waals surface area contributed by atoms with Gasteiger partial charge in [0.2, 0.25) is 0 Å². The molecular formula is C13H20N2. The van der Waals surface area contributed by atoms with Gasteiger partial charge in [0.15, 0.2) is 0 Å². The first-order chi connectivity index (χ1) is 7.27. The quantitative estimate of drug-likeness (QED) is 0.788. The molecule has 82 valence electrons. The van der Waals surface area contributed by atoms with E-state index in [0.717, 1.165) is 12.6 Å². The topological polar surface area (TPSA) is 38.0 Å². The molecule has 15 heavy (non-hydrogen) atoms. The lowest BCUT2D eigenvalue weighted by molar-refractivity contribution is 0.332. The van der Waals surface area contributed by atoms with Crippen LogP contribution in [0.2, 0.25) is 0 Å². The van der Waals surface area contributed by atoms with Crippen molar-refractivity contribution < 1.29 is 0 Å². The highest BCUT2D eigenvalue weighted by molar-refractivity contribution is 5.28. The van der Waals surface area contributed by atoms with Gasteiger partial charge < -0.3 is 11.1 Å². The van der Waals surface area contributed by atoms with Crippen LogP contribution < -0.4 is 11.1 Å². The van der Waals surface area contributed by atoms with Gasteiger partial charge in [-0.1, -0.05) is 30.7 Å². The van der Waals surface area contributed by atoms with E-state index in [1.165, 1.54) is 30.4 Å². The number of benzene rings is 1. The fraction of sp³-hybridized carbons (Fsp3) is 0.538. The second kappa shape index (κ2) is 4.77. The Hall–Kier alpha value is -0.860. The lowest BCUT2D eigenvalue weighted by Crippen LogP contribution is -2.39. The van der Waals surface area contributed by atoms with Gasteiger partial charge in [-0.05, 0) is 30.9 Å². The fourth-order valence-corrected chi connectivity index (χ4v) is 2.02. The molecule has 0 radical (unpaired) electrons. The van der Waals surface area contributed by atoms with E-state index in [2.05, 4.69) is 36.5 Å². The molecular weight excluding hydrogens is 184 g/mol. The Morgan fingerprint density at radius 3 is 2.73 bits per heavy atom. The Morgan fingerprint density at radius 1 is 1.40 bits per heavy atom. The average Bonchev–Trinajstić information content (AvgIpc) is 2.16. The van der Waals surface area contributed by atoms with Gasteiger partial charge in [-0.15, -0.1) is 0 Å². The third-order valence-corrected chi connectivity index (χ3v) is 3.32. The van der Waals surface area contributed by atoms with Crippen molar-refractivity contribution in [3.05, 3.63) is 35.4 Å². The monoisotopic (exact) mass is 204 g/mol. The Balaban J connectivity index is 1.89. The summed E-state index contributed by atoms with van der Waals surface area (Å²) in [5.41, 5.74) is 8.72. The first-order valence-corrected chi connectivity index (χ1v) is 5.82. The van der Waals surface area contributed by atoms with E-state index >= 15 is 0 Å². The SMILES string of the molecule is Cc1ccccc1C(N)CNC1CCC1. The van der Waals surface area contributed by atoms with Crippen molar-refractivity contribution in [1.29, 1.82) is 0 Å². The van der Waals surface area contributed by atoms with Gasteiger partial charge in [-0.3, -0.25) is 0 Å². The molecule has 3 N–H and O–H groups in total. The van der Waals surface area contributed by atoms with Crippen LogP contribution in [0.15, 0.2) is 24.3 Å². The Labute approximate surface area is 91.9 Å². The summed E-state index contributed by atoms with van der Waals surface area (Å²) in [4.78, 5) is 0. The molecule has 1 fully saturated rings. The molecule has 2 heteroatoms. The maximum atomic E-state index is 6.16. The highest BCUT2D eigenvalue weighted by atomic mass is 14.9. The van der Waals surface area contributed by atoms with E-state index in [9.17, 15) is 0 Å². The summed E-state index contributed by atoms with van der Waals surface area (Å²) in [5, 5.41) is 3.52. The van der Waals surface area contributed by atoms with Crippen LogP contribution in [0.1, 0.15) is 36.4 Å². The van der Waals surface area contributed by atoms with Crippen molar-refractivity contribution >= 4 is 0 Å². The molecule has 0 aliphatic heterocycles. The largest absolute Gasteiger partial charge is 0.323 e. The molecule has 0 bridgehead atoms. The minimum absolute atomic E-state index is 0.131. The van der Waals surface area contributed by atoms with Gasteiger partial charge in [-0.2, -0.15) is 0 Å². The van der Waals surface area contributed by atoms with Crippen LogP contribution >= 0.6 is 0 Å².